The normalized spacial score (nSPS) is 17.6. The van der Waals surface area contributed by atoms with E-state index >= 15 is 0 Å². The lowest BCUT2D eigenvalue weighted by atomic mass is 9.91. The second kappa shape index (κ2) is 9.88. The van der Waals surface area contributed by atoms with Gasteiger partial charge in [0.1, 0.15) is 11.5 Å². The molecule has 1 atom stereocenters. The molecule has 1 unspecified atom stereocenters. The van der Waals surface area contributed by atoms with Gasteiger partial charge in [0.2, 0.25) is 0 Å². The number of hydrogen-bond donors (Lipinski definition) is 1. The summed E-state index contributed by atoms with van der Waals surface area (Å²) in [6.45, 7) is 3.22. The molecule has 33 heavy (non-hydrogen) atoms. The number of fused-ring (bicyclic) bond motifs is 1. The number of carbonyl (C=O) groups excluding carboxylic acids is 2. The van der Waals surface area contributed by atoms with Crippen LogP contribution < -0.4 is 4.74 Å². The number of methoxy groups -OCH3 is 1. The van der Waals surface area contributed by atoms with Gasteiger partial charge in [0.15, 0.2) is 0 Å². The third kappa shape index (κ3) is 4.34. The van der Waals surface area contributed by atoms with Crippen LogP contribution in [-0.2, 0) is 14.3 Å². The van der Waals surface area contributed by atoms with Crippen LogP contribution >= 0.6 is 0 Å². The largest absolute Gasteiger partial charge is 0.507 e. The van der Waals surface area contributed by atoms with Crippen molar-refractivity contribution >= 4 is 28.2 Å². The summed E-state index contributed by atoms with van der Waals surface area (Å²) in [6, 6.07) is 19.8. The number of benzene rings is 3. The number of amides is 1. The first-order chi connectivity index (χ1) is 16.1. The topological polar surface area (TPSA) is 76.1 Å². The van der Waals surface area contributed by atoms with E-state index in [4.69, 9.17) is 9.47 Å². The summed E-state index contributed by atoms with van der Waals surface area (Å²) in [5, 5.41) is 13.2. The second-order valence-corrected chi connectivity index (χ2v) is 7.86. The summed E-state index contributed by atoms with van der Waals surface area (Å²) in [7, 11) is 1.60. The van der Waals surface area contributed by atoms with E-state index in [2.05, 4.69) is 0 Å². The molecule has 1 aliphatic heterocycles. The predicted octanol–water partition coefficient (Wildman–Crippen LogP) is 4.70. The number of carbonyl (C=O) groups is 2. The number of ketones is 1. The Labute approximate surface area is 193 Å². The van der Waals surface area contributed by atoms with Gasteiger partial charge in [-0.2, -0.15) is 0 Å². The number of aliphatic hydroxyl groups excluding tert-OH is 1. The van der Waals surface area contributed by atoms with Crippen molar-refractivity contribution in [3.63, 3.8) is 0 Å². The number of rotatable bonds is 8. The first-order valence-electron chi connectivity index (χ1n) is 11.0. The maximum absolute atomic E-state index is 13.2. The van der Waals surface area contributed by atoms with Gasteiger partial charge >= 0.3 is 0 Å². The highest BCUT2D eigenvalue weighted by molar-refractivity contribution is 6.46. The van der Waals surface area contributed by atoms with E-state index in [0.29, 0.717) is 37.5 Å². The molecule has 0 spiro atoms. The number of ether oxygens (including phenoxy) is 2. The van der Waals surface area contributed by atoms with E-state index in [9.17, 15) is 14.7 Å². The Balaban J connectivity index is 1.87. The third-order valence-electron chi connectivity index (χ3n) is 5.84. The molecule has 1 fully saturated rings. The van der Waals surface area contributed by atoms with E-state index in [1.807, 2.05) is 49.4 Å². The van der Waals surface area contributed by atoms with Crippen molar-refractivity contribution in [2.75, 3.05) is 26.9 Å². The van der Waals surface area contributed by atoms with Crippen molar-refractivity contribution in [2.45, 2.75) is 19.4 Å². The van der Waals surface area contributed by atoms with E-state index in [1.165, 1.54) is 0 Å². The molecule has 1 saturated heterocycles. The van der Waals surface area contributed by atoms with E-state index in [0.717, 1.165) is 16.3 Å². The zero-order valence-electron chi connectivity index (χ0n) is 18.8. The number of aliphatic hydroxyl groups is 1. The van der Waals surface area contributed by atoms with Crippen molar-refractivity contribution in [3.8, 4) is 5.75 Å². The molecular weight excluding hydrogens is 418 g/mol. The fourth-order valence-corrected chi connectivity index (χ4v) is 4.33. The average Bonchev–Trinajstić information content (AvgIpc) is 3.09. The van der Waals surface area contributed by atoms with E-state index < -0.39 is 17.7 Å². The molecule has 6 nitrogen and oxygen atoms in total. The SMILES string of the molecule is CCOc1ccc(/C(O)=C2/C(=O)C(=O)N(CCCOC)C2c2cccc3ccccc23)cc1. The fraction of sp³-hybridized carbons (Fsp3) is 0.259. The van der Waals surface area contributed by atoms with Gasteiger partial charge in [-0.05, 0) is 53.9 Å². The maximum Gasteiger partial charge on any atom is 0.295 e. The van der Waals surface area contributed by atoms with Gasteiger partial charge in [0.25, 0.3) is 11.7 Å². The minimum absolute atomic E-state index is 0.0953. The van der Waals surface area contributed by atoms with Crippen LogP contribution in [0.25, 0.3) is 16.5 Å². The highest BCUT2D eigenvalue weighted by atomic mass is 16.5. The van der Waals surface area contributed by atoms with Gasteiger partial charge in [-0.3, -0.25) is 9.59 Å². The summed E-state index contributed by atoms with van der Waals surface area (Å²) in [6.07, 6.45) is 0.577. The van der Waals surface area contributed by atoms with Gasteiger partial charge in [0.05, 0.1) is 18.2 Å². The monoisotopic (exact) mass is 445 g/mol. The zero-order valence-corrected chi connectivity index (χ0v) is 18.8. The Morgan fingerprint density at radius 3 is 2.45 bits per heavy atom. The number of likely N-dealkylation sites (tertiary alicyclic amines) is 1. The van der Waals surface area contributed by atoms with Crippen molar-refractivity contribution in [2.24, 2.45) is 0 Å². The van der Waals surface area contributed by atoms with Crippen molar-refractivity contribution in [3.05, 3.63) is 83.4 Å². The molecular formula is C27H27NO5. The van der Waals surface area contributed by atoms with Crippen LogP contribution in [0.4, 0.5) is 0 Å². The smallest absolute Gasteiger partial charge is 0.295 e. The molecule has 1 amide bonds. The lowest BCUT2D eigenvalue weighted by Gasteiger charge is -2.26. The first kappa shape index (κ1) is 22.6. The van der Waals surface area contributed by atoms with Crippen LogP contribution in [0.3, 0.4) is 0 Å². The van der Waals surface area contributed by atoms with Gasteiger partial charge < -0.3 is 19.5 Å². The van der Waals surface area contributed by atoms with Crippen LogP contribution in [0, 0.1) is 0 Å². The van der Waals surface area contributed by atoms with Gasteiger partial charge in [0, 0.05) is 25.8 Å². The Morgan fingerprint density at radius 1 is 1.00 bits per heavy atom. The molecule has 0 radical (unpaired) electrons. The molecule has 1 N–H and O–H groups in total. The molecule has 0 saturated carbocycles. The van der Waals surface area contributed by atoms with E-state index in [1.54, 1.807) is 36.3 Å². The van der Waals surface area contributed by atoms with Crippen LogP contribution in [0.1, 0.15) is 30.5 Å². The van der Waals surface area contributed by atoms with Crippen molar-refractivity contribution in [1.29, 1.82) is 0 Å². The minimum atomic E-state index is -0.695. The molecule has 3 aromatic rings. The molecule has 6 heteroatoms. The standard InChI is InChI=1S/C27H27NO5/c1-3-33-20-14-12-19(13-15-20)25(29)23-24(28(16-7-17-32-2)27(31)26(23)30)22-11-6-9-18-8-4-5-10-21(18)22/h4-6,8-15,24,29H,3,7,16-17H2,1-2H3/b25-23-. The molecule has 1 aliphatic rings. The van der Waals surface area contributed by atoms with Gasteiger partial charge in [-0.25, -0.2) is 0 Å². The molecule has 0 aromatic heterocycles. The van der Waals surface area contributed by atoms with Crippen molar-refractivity contribution < 1.29 is 24.2 Å². The average molecular weight is 446 g/mol. The highest BCUT2D eigenvalue weighted by Crippen LogP contribution is 2.42. The van der Waals surface area contributed by atoms with Crippen LogP contribution in [0.5, 0.6) is 5.75 Å². The number of Topliss-reactive ketones (excluding diaryl/α,β-unsaturated/α-hetero) is 1. The summed E-state index contributed by atoms with van der Waals surface area (Å²) in [5.74, 6) is -0.823. The Morgan fingerprint density at radius 2 is 1.73 bits per heavy atom. The second-order valence-electron chi connectivity index (χ2n) is 7.86. The summed E-state index contributed by atoms with van der Waals surface area (Å²) < 4.78 is 10.6. The molecule has 3 aromatic carbocycles. The van der Waals surface area contributed by atoms with Crippen LogP contribution in [0.2, 0.25) is 0 Å². The Kier molecular flexibility index (Phi) is 6.75. The fourth-order valence-electron chi connectivity index (χ4n) is 4.33. The quantitative estimate of drug-likeness (QED) is 0.235. The minimum Gasteiger partial charge on any atom is -0.507 e. The molecule has 4 rings (SSSR count). The zero-order chi connectivity index (χ0) is 23.4. The van der Waals surface area contributed by atoms with Crippen LogP contribution in [0.15, 0.2) is 72.3 Å². The first-order valence-corrected chi connectivity index (χ1v) is 11.0. The van der Waals surface area contributed by atoms with E-state index in [-0.39, 0.29) is 11.3 Å². The molecule has 1 heterocycles. The number of nitrogens with zero attached hydrogens (tertiary/aromatic N) is 1. The third-order valence-corrected chi connectivity index (χ3v) is 5.84. The Hall–Kier alpha value is -3.64. The van der Waals surface area contributed by atoms with Crippen molar-refractivity contribution in [1.82, 2.24) is 4.90 Å². The number of hydrogen-bond acceptors (Lipinski definition) is 5. The lowest BCUT2D eigenvalue weighted by Crippen LogP contribution is -2.31. The van der Waals surface area contributed by atoms with Crippen LogP contribution in [-0.4, -0.2) is 48.6 Å². The maximum atomic E-state index is 13.2. The lowest BCUT2D eigenvalue weighted by molar-refractivity contribution is -0.140. The van der Waals surface area contributed by atoms with Gasteiger partial charge in [-0.1, -0.05) is 42.5 Å². The molecule has 0 aliphatic carbocycles. The summed E-state index contributed by atoms with van der Waals surface area (Å²) in [4.78, 5) is 27.8. The predicted molar refractivity (Wildman–Crippen MR) is 127 cm³/mol. The Bertz CT molecular complexity index is 1190. The summed E-state index contributed by atoms with van der Waals surface area (Å²) in [5.41, 5.74) is 1.36. The highest BCUT2D eigenvalue weighted by Gasteiger charge is 2.46. The molecule has 170 valence electrons. The summed E-state index contributed by atoms with van der Waals surface area (Å²) >= 11 is 0. The molecule has 0 bridgehead atoms. The van der Waals surface area contributed by atoms with Gasteiger partial charge in [-0.15, -0.1) is 0 Å².